The monoisotopic (exact) mass is 610 g/mol. The second kappa shape index (κ2) is 9.85. The summed E-state index contributed by atoms with van der Waals surface area (Å²) in [5.41, 5.74) is 1.71. The van der Waals surface area contributed by atoms with Crippen LogP contribution in [0.1, 0.15) is 20.7 Å². The Hall–Kier alpha value is -4.50. The van der Waals surface area contributed by atoms with Crippen LogP contribution in [0.3, 0.4) is 0 Å². The molecule has 3 aromatic carbocycles. The molecule has 0 bridgehead atoms. The minimum absolute atomic E-state index is 0.193. The fraction of sp³-hybridized carbons (Fsp3) is 0.188. The minimum Gasteiger partial charge on any atom is -0.486 e. The van der Waals surface area contributed by atoms with Gasteiger partial charge in [-0.05, 0) is 30.3 Å². The molecule has 7 rings (SSSR count). The number of carbonyl (C=O) groups is 4. The van der Waals surface area contributed by atoms with Crippen LogP contribution in [0.5, 0.6) is 11.5 Å². The summed E-state index contributed by atoms with van der Waals surface area (Å²) in [7, 11) is 0. The standard InChI is InChI=1S/C32H23BrN2O6/c33-21-8-6-19(7-9-21)30(37)28-27-26(23-16-20(12-13-34(23)28)29(36)18-4-2-1-3-5-18)31(38)35(32(27)39)22-10-11-24-25(17-22)41-15-14-40-24/h1-13,16-17,23,26-28H,14-15H2/t23-,26+,27-,28+/m1/s1. The first kappa shape index (κ1) is 25.5. The number of allylic oxidation sites excluding steroid dienone is 2. The molecule has 0 spiro atoms. The molecule has 0 saturated carbocycles. The van der Waals surface area contributed by atoms with Gasteiger partial charge in [-0.2, -0.15) is 0 Å². The molecule has 2 fully saturated rings. The molecule has 2 amide bonds. The van der Waals surface area contributed by atoms with Crippen molar-refractivity contribution in [1.82, 2.24) is 4.90 Å². The van der Waals surface area contributed by atoms with E-state index >= 15 is 0 Å². The van der Waals surface area contributed by atoms with Crippen molar-refractivity contribution in [2.24, 2.45) is 11.8 Å². The predicted molar refractivity (Wildman–Crippen MR) is 153 cm³/mol. The Morgan fingerprint density at radius 1 is 0.805 bits per heavy atom. The van der Waals surface area contributed by atoms with Crippen molar-refractivity contribution in [3.8, 4) is 11.5 Å². The maximum atomic E-state index is 14.1. The van der Waals surface area contributed by atoms with Crippen molar-refractivity contribution < 1.29 is 28.7 Å². The first-order chi connectivity index (χ1) is 19.9. The molecule has 2 saturated heterocycles. The fourth-order valence-electron chi connectivity index (χ4n) is 6.16. The minimum atomic E-state index is -0.941. The zero-order valence-electron chi connectivity index (χ0n) is 21.6. The third kappa shape index (κ3) is 4.11. The van der Waals surface area contributed by atoms with Crippen LogP contribution in [-0.4, -0.2) is 53.6 Å². The van der Waals surface area contributed by atoms with Gasteiger partial charge in [0.25, 0.3) is 0 Å². The van der Waals surface area contributed by atoms with Crippen LogP contribution in [0.15, 0.2) is 101 Å². The summed E-state index contributed by atoms with van der Waals surface area (Å²) < 4.78 is 12.1. The number of ether oxygens (including phenoxy) is 2. The van der Waals surface area contributed by atoms with Crippen molar-refractivity contribution in [2.75, 3.05) is 18.1 Å². The van der Waals surface area contributed by atoms with E-state index in [-0.39, 0.29) is 11.6 Å². The number of benzene rings is 3. The van der Waals surface area contributed by atoms with Gasteiger partial charge in [0.1, 0.15) is 19.3 Å². The number of amides is 2. The number of imide groups is 1. The van der Waals surface area contributed by atoms with Gasteiger partial charge >= 0.3 is 0 Å². The summed E-state index contributed by atoms with van der Waals surface area (Å²) in [5, 5.41) is 0. The van der Waals surface area contributed by atoms with Gasteiger partial charge in [0, 0.05) is 33.4 Å². The molecule has 0 unspecified atom stereocenters. The molecule has 9 heteroatoms. The molecule has 0 N–H and O–H groups in total. The summed E-state index contributed by atoms with van der Waals surface area (Å²) in [4.78, 5) is 58.4. The Morgan fingerprint density at radius 3 is 2.27 bits per heavy atom. The third-order valence-corrected chi connectivity index (χ3v) is 8.56. The Morgan fingerprint density at radius 2 is 1.51 bits per heavy atom. The Labute approximate surface area is 244 Å². The zero-order valence-corrected chi connectivity index (χ0v) is 23.2. The van der Waals surface area contributed by atoms with Crippen molar-refractivity contribution in [3.63, 3.8) is 0 Å². The second-order valence-corrected chi connectivity index (χ2v) is 11.2. The number of fused-ring (bicyclic) bond motifs is 4. The van der Waals surface area contributed by atoms with Crippen molar-refractivity contribution in [3.05, 3.63) is 112 Å². The summed E-state index contributed by atoms with van der Waals surface area (Å²) in [5.74, 6) is -2.15. The molecular weight excluding hydrogens is 588 g/mol. The summed E-state index contributed by atoms with van der Waals surface area (Å²) in [6.07, 6.45) is 5.05. The van der Waals surface area contributed by atoms with Gasteiger partial charge in [-0.1, -0.05) is 64.5 Å². The molecular formula is C32H23BrN2O6. The molecule has 8 nitrogen and oxygen atoms in total. The third-order valence-electron chi connectivity index (χ3n) is 8.03. The molecule has 0 aromatic heterocycles. The molecule has 41 heavy (non-hydrogen) atoms. The van der Waals surface area contributed by atoms with Gasteiger partial charge in [0.2, 0.25) is 11.8 Å². The molecule has 4 aliphatic heterocycles. The smallest absolute Gasteiger partial charge is 0.240 e. The lowest BCUT2D eigenvalue weighted by Crippen LogP contribution is -2.46. The lowest BCUT2D eigenvalue weighted by atomic mass is 9.85. The maximum absolute atomic E-state index is 14.1. The number of carbonyl (C=O) groups excluding carboxylic acids is 4. The second-order valence-electron chi connectivity index (χ2n) is 10.3. The van der Waals surface area contributed by atoms with Gasteiger partial charge in [-0.15, -0.1) is 0 Å². The maximum Gasteiger partial charge on any atom is 0.240 e. The normalized spacial score (nSPS) is 24.2. The van der Waals surface area contributed by atoms with Gasteiger partial charge in [0.15, 0.2) is 23.1 Å². The van der Waals surface area contributed by atoms with E-state index in [1.165, 1.54) is 0 Å². The molecule has 4 atom stereocenters. The van der Waals surface area contributed by atoms with Crippen molar-refractivity contribution in [1.29, 1.82) is 0 Å². The molecule has 204 valence electrons. The van der Waals surface area contributed by atoms with Crippen molar-refractivity contribution >= 4 is 45.0 Å². The van der Waals surface area contributed by atoms with Gasteiger partial charge in [-0.3, -0.25) is 19.2 Å². The van der Waals surface area contributed by atoms with E-state index in [4.69, 9.17) is 9.47 Å². The van der Waals surface area contributed by atoms with Gasteiger partial charge < -0.3 is 14.4 Å². The lowest BCUT2D eigenvalue weighted by Gasteiger charge is -2.33. The molecule has 0 aliphatic carbocycles. The Kier molecular flexibility index (Phi) is 6.12. The lowest BCUT2D eigenvalue weighted by molar-refractivity contribution is -0.123. The van der Waals surface area contributed by atoms with Gasteiger partial charge in [-0.25, -0.2) is 4.90 Å². The highest BCUT2D eigenvalue weighted by Crippen LogP contribution is 2.48. The van der Waals surface area contributed by atoms with Crippen LogP contribution < -0.4 is 14.4 Å². The average molecular weight is 611 g/mol. The number of hydrogen-bond acceptors (Lipinski definition) is 7. The molecule has 4 aliphatic rings. The SMILES string of the molecule is O=C(C1=C[C@@H]2[C@@H]3C(=O)N(c4ccc5c(c4)OCCO5)C(=O)[C@H]3[C@@H](C(=O)c3ccc(Br)cc3)N2C=C1)c1ccccc1. The van der Waals surface area contributed by atoms with E-state index in [0.29, 0.717) is 47.1 Å². The largest absolute Gasteiger partial charge is 0.486 e. The summed E-state index contributed by atoms with van der Waals surface area (Å²) >= 11 is 3.40. The number of anilines is 1. The molecule has 4 heterocycles. The molecule has 0 radical (unpaired) electrons. The van der Waals surface area contributed by atoms with Crippen LogP contribution in [0.4, 0.5) is 5.69 Å². The first-order valence-corrected chi connectivity index (χ1v) is 14.1. The first-order valence-electron chi connectivity index (χ1n) is 13.3. The quantitative estimate of drug-likeness (QED) is 0.308. The summed E-state index contributed by atoms with van der Waals surface area (Å²) in [6.45, 7) is 0.777. The number of rotatable bonds is 5. The topological polar surface area (TPSA) is 93.2 Å². The zero-order chi connectivity index (χ0) is 28.2. The van der Waals surface area contributed by atoms with E-state index in [1.54, 1.807) is 90.0 Å². The van der Waals surface area contributed by atoms with Gasteiger partial charge in [0.05, 0.1) is 23.6 Å². The Bertz CT molecular complexity index is 1670. The summed E-state index contributed by atoms with van der Waals surface area (Å²) in [6, 6.07) is 19.2. The van der Waals surface area contributed by atoms with E-state index in [9.17, 15) is 19.2 Å². The van der Waals surface area contributed by atoms with Crippen LogP contribution in [0.25, 0.3) is 0 Å². The van der Waals surface area contributed by atoms with Crippen LogP contribution in [0, 0.1) is 11.8 Å². The van der Waals surface area contributed by atoms with E-state index in [1.807, 2.05) is 6.07 Å². The fourth-order valence-corrected chi connectivity index (χ4v) is 6.43. The number of ketones is 2. The number of hydrogen-bond donors (Lipinski definition) is 0. The predicted octanol–water partition coefficient (Wildman–Crippen LogP) is 4.60. The highest BCUT2D eigenvalue weighted by Gasteiger charge is 2.63. The highest BCUT2D eigenvalue weighted by atomic mass is 79.9. The number of Topliss-reactive ketones (excluding diaryl/α,β-unsaturated/α-hetero) is 2. The highest BCUT2D eigenvalue weighted by molar-refractivity contribution is 9.10. The van der Waals surface area contributed by atoms with Crippen molar-refractivity contribution in [2.45, 2.75) is 12.1 Å². The van der Waals surface area contributed by atoms with Crippen LogP contribution >= 0.6 is 15.9 Å². The van der Waals surface area contributed by atoms with Crippen LogP contribution in [-0.2, 0) is 9.59 Å². The number of nitrogens with zero attached hydrogens (tertiary/aromatic N) is 2. The van der Waals surface area contributed by atoms with E-state index in [0.717, 1.165) is 9.37 Å². The average Bonchev–Trinajstić information content (AvgIpc) is 3.48. The Balaban J connectivity index is 1.30. The molecule has 3 aromatic rings. The van der Waals surface area contributed by atoms with E-state index in [2.05, 4.69) is 15.9 Å². The van der Waals surface area contributed by atoms with E-state index < -0.39 is 35.7 Å². The van der Waals surface area contributed by atoms with Crippen LogP contribution in [0.2, 0.25) is 0 Å². The number of halogens is 1.